The van der Waals surface area contributed by atoms with Crippen molar-refractivity contribution in [3.8, 4) is 5.75 Å². The second-order valence-electron chi connectivity index (χ2n) is 6.32. The number of hydrogen-bond donors (Lipinski definition) is 2. The molecule has 1 aromatic carbocycles. The Morgan fingerprint density at radius 2 is 2.09 bits per heavy atom. The maximum absolute atomic E-state index is 11.3. The molecule has 4 rings (SSSR count). The van der Waals surface area contributed by atoms with E-state index in [2.05, 4.69) is 0 Å². The van der Waals surface area contributed by atoms with Crippen LogP contribution in [0.2, 0.25) is 0 Å². The van der Waals surface area contributed by atoms with Crippen molar-refractivity contribution >= 4 is 5.78 Å². The van der Waals surface area contributed by atoms with Crippen LogP contribution < -0.4 is 4.74 Å². The number of aryl methyl sites for hydroxylation is 1. The van der Waals surface area contributed by atoms with Crippen molar-refractivity contribution in [2.45, 2.75) is 38.1 Å². The van der Waals surface area contributed by atoms with E-state index in [4.69, 9.17) is 4.74 Å². The van der Waals surface area contributed by atoms with Crippen LogP contribution in [0.4, 0.5) is 0 Å². The number of benzene rings is 1. The number of hydrogen-bond acceptors (Lipinski definition) is 3. The van der Waals surface area contributed by atoms with Gasteiger partial charge in [0.2, 0.25) is 0 Å². The minimum atomic E-state index is -1.97. The second-order valence-corrected chi connectivity index (χ2v) is 6.32. The van der Waals surface area contributed by atoms with Gasteiger partial charge in [-0.25, -0.2) is 0 Å². The normalized spacial score (nSPS) is 31.3. The van der Waals surface area contributed by atoms with Crippen molar-refractivity contribution in [2.75, 3.05) is 0 Å². The van der Waals surface area contributed by atoms with Crippen molar-refractivity contribution in [1.29, 1.82) is 0 Å². The largest absolute Gasteiger partial charge is 0.454 e. The van der Waals surface area contributed by atoms with Gasteiger partial charge in [-0.05, 0) is 37.0 Å². The number of rotatable bonds is 1. The van der Waals surface area contributed by atoms with Gasteiger partial charge in [-0.3, -0.25) is 4.79 Å². The third kappa shape index (κ3) is 1.55. The fraction of sp³-hybridized carbons (Fsp3) is 0.316. The average Bonchev–Trinajstić information content (AvgIpc) is 2.75. The Balaban J connectivity index is 1.95. The van der Waals surface area contributed by atoms with Gasteiger partial charge in [0.1, 0.15) is 5.75 Å². The predicted octanol–water partition coefficient (Wildman–Crippen LogP) is 2.28. The molecule has 3 N–H and O–H groups in total. The van der Waals surface area contributed by atoms with Crippen LogP contribution in [0.1, 0.15) is 31.4 Å². The van der Waals surface area contributed by atoms with E-state index >= 15 is 0 Å². The van der Waals surface area contributed by atoms with Crippen LogP contribution in [-0.4, -0.2) is 26.6 Å². The molecule has 1 aliphatic heterocycles. The Kier molecular flexibility index (Phi) is 2.78. The summed E-state index contributed by atoms with van der Waals surface area (Å²) in [5.74, 6) is -1.79. The van der Waals surface area contributed by atoms with Gasteiger partial charge in [0.25, 0.3) is 11.4 Å². The molecule has 0 saturated carbocycles. The molecule has 2 atom stereocenters. The van der Waals surface area contributed by atoms with E-state index in [9.17, 15) is 15.0 Å². The van der Waals surface area contributed by atoms with Gasteiger partial charge in [-0.15, -0.1) is 0 Å². The SMILES string of the molecule is CCc1ccc2c(c1)OC1(O)C3=C(C(=[OH+])C21O)C(C)=CC=CC3. The lowest BCUT2D eigenvalue weighted by atomic mass is 9.84. The Hall–Kier alpha value is -2.17. The standard InChI is InChI=1S/C19H18O4/c1-3-12-8-9-13-15(10-12)23-19(22)14-7-5-4-6-11(2)16(14)17(20)18(13,19)21/h4-6,8-10,21-22H,3,7H2,1-2H3/p+1. The van der Waals surface area contributed by atoms with Gasteiger partial charge in [0, 0.05) is 11.1 Å². The molecule has 0 fully saturated rings. The van der Waals surface area contributed by atoms with Crippen LogP contribution in [-0.2, 0) is 12.0 Å². The molecule has 0 bridgehead atoms. The molecule has 0 saturated heterocycles. The summed E-state index contributed by atoms with van der Waals surface area (Å²) in [5.41, 5.74) is 1.26. The van der Waals surface area contributed by atoms with E-state index in [0.29, 0.717) is 28.9 Å². The van der Waals surface area contributed by atoms with Crippen molar-refractivity contribution in [2.24, 2.45) is 0 Å². The highest BCUT2D eigenvalue weighted by atomic mass is 16.7. The summed E-state index contributed by atoms with van der Waals surface area (Å²) in [6.07, 6.45) is 6.84. The Labute approximate surface area is 134 Å². The highest BCUT2D eigenvalue weighted by Gasteiger charge is 2.74. The Morgan fingerprint density at radius 3 is 2.83 bits per heavy atom. The first-order valence-electron chi connectivity index (χ1n) is 7.84. The molecule has 0 aromatic heterocycles. The van der Waals surface area contributed by atoms with Crippen LogP contribution in [0.25, 0.3) is 0 Å². The first kappa shape index (κ1) is 14.4. The molecule has 1 aromatic rings. The first-order chi connectivity index (χ1) is 10.9. The molecule has 23 heavy (non-hydrogen) atoms. The van der Waals surface area contributed by atoms with E-state index in [0.717, 1.165) is 17.6 Å². The molecule has 0 radical (unpaired) electrons. The average molecular weight is 311 g/mol. The Bertz CT molecular complexity index is 830. The number of carbonyl (C=O) groups excluding carboxylic acids is 1. The maximum atomic E-state index is 11.3. The topological polar surface area (TPSA) is 71.1 Å². The first-order valence-corrected chi connectivity index (χ1v) is 7.84. The van der Waals surface area contributed by atoms with Gasteiger partial charge in [0.05, 0.1) is 5.57 Å². The molecule has 4 heteroatoms. The fourth-order valence-electron chi connectivity index (χ4n) is 3.79. The van der Waals surface area contributed by atoms with Gasteiger partial charge in [-0.2, -0.15) is 0 Å². The molecular weight excluding hydrogens is 292 g/mol. The summed E-state index contributed by atoms with van der Waals surface area (Å²) in [6.45, 7) is 3.87. The lowest BCUT2D eigenvalue weighted by molar-refractivity contribution is -0.185. The van der Waals surface area contributed by atoms with Crippen molar-refractivity contribution < 1.29 is 19.7 Å². The molecule has 0 amide bonds. The summed E-state index contributed by atoms with van der Waals surface area (Å²) < 4.78 is 5.81. The maximum Gasteiger partial charge on any atom is 0.367 e. The molecule has 3 aliphatic rings. The van der Waals surface area contributed by atoms with Crippen LogP contribution in [0.15, 0.2) is 53.1 Å². The summed E-state index contributed by atoms with van der Waals surface area (Å²) >= 11 is 0. The number of aliphatic hydroxyl groups is 2. The minimum Gasteiger partial charge on any atom is -0.454 e. The van der Waals surface area contributed by atoms with Crippen LogP contribution in [0.3, 0.4) is 0 Å². The molecule has 1 heterocycles. The Morgan fingerprint density at radius 1 is 1.30 bits per heavy atom. The van der Waals surface area contributed by atoms with Gasteiger partial charge in [0.15, 0.2) is 0 Å². The zero-order valence-corrected chi connectivity index (χ0v) is 13.1. The minimum absolute atomic E-state index is 0.240. The van der Waals surface area contributed by atoms with Gasteiger partial charge < -0.3 is 14.9 Å². The van der Waals surface area contributed by atoms with Crippen molar-refractivity contribution in [1.82, 2.24) is 0 Å². The van der Waals surface area contributed by atoms with E-state index in [-0.39, 0.29) is 5.78 Å². The molecular formula is C19H19O4+. The highest BCUT2D eigenvalue weighted by molar-refractivity contribution is 6.12. The van der Waals surface area contributed by atoms with Gasteiger partial charge in [-0.1, -0.05) is 37.3 Å². The number of ether oxygens (including phenoxy) is 1. The fourth-order valence-corrected chi connectivity index (χ4v) is 3.79. The highest BCUT2D eigenvalue weighted by Crippen LogP contribution is 2.58. The predicted molar refractivity (Wildman–Crippen MR) is 86.8 cm³/mol. The third-order valence-electron chi connectivity index (χ3n) is 5.08. The number of fused-ring (bicyclic) bond motifs is 4. The summed E-state index contributed by atoms with van der Waals surface area (Å²) in [5, 5.41) is 22.5. The smallest absolute Gasteiger partial charge is 0.367 e. The molecule has 118 valence electrons. The lowest BCUT2D eigenvalue weighted by Gasteiger charge is -2.28. The summed E-state index contributed by atoms with van der Waals surface area (Å²) in [4.78, 5) is 10.8. The van der Waals surface area contributed by atoms with E-state index in [1.165, 1.54) is 0 Å². The molecule has 2 unspecified atom stereocenters. The quantitative estimate of drug-likeness (QED) is 0.782. The summed E-state index contributed by atoms with van der Waals surface area (Å²) in [6, 6.07) is 5.42. The van der Waals surface area contributed by atoms with E-state index < -0.39 is 11.4 Å². The van der Waals surface area contributed by atoms with Crippen LogP contribution in [0.5, 0.6) is 5.75 Å². The van der Waals surface area contributed by atoms with Gasteiger partial charge >= 0.3 is 5.78 Å². The molecule has 4 nitrogen and oxygen atoms in total. The van der Waals surface area contributed by atoms with Crippen LogP contribution in [0, 0.1) is 0 Å². The van der Waals surface area contributed by atoms with Crippen LogP contribution >= 0.6 is 0 Å². The van der Waals surface area contributed by atoms with Crippen molar-refractivity contribution in [3.63, 3.8) is 0 Å². The lowest BCUT2D eigenvalue weighted by Crippen LogP contribution is -2.53. The van der Waals surface area contributed by atoms with E-state index in [1.54, 1.807) is 6.07 Å². The molecule has 0 spiro atoms. The number of ketones is 1. The third-order valence-corrected chi connectivity index (χ3v) is 5.08. The van der Waals surface area contributed by atoms with Crippen molar-refractivity contribution in [3.05, 3.63) is 64.3 Å². The zero-order chi connectivity index (χ0) is 16.4. The molecule has 2 aliphatic carbocycles. The zero-order valence-electron chi connectivity index (χ0n) is 13.1. The number of allylic oxidation sites excluding steroid dienone is 4. The van der Waals surface area contributed by atoms with E-state index in [1.807, 2.05) is 44.2 Å². The monoisotopic (exact) mass is 311 g/mol. The second kappa shape index (κ2) is 4.43. The summed E-state index contributed by atoms with van der Waals surface area (Å²) in [7, 11) is 0.